The molecule has 4 N–H and O–H groups in total. The molecule has 0 amide bonds. The predicted octanol–water partition coefficient (Wildman–Crippen LogP) is 3.97. The molecule has 1 aliphatic rings. The van der Waals surface area contributed by atoms with Crippen LogP contribution in [0.1, 0.15) is 12.8 Å². The number of halogens is 2. The fraction of sp³-hybridized carbons (Fsp3) is 0.263. The van der Waals surface area contributed by atoms with Crippen molar-refractivity contribution >= 4 is 34.5 Å². The van der Waals surface area contributed by atoms with Crippen molar-refractivity contribution in [2.75, 3.05) is 23.5 Å². The Morgan fingerprint density at radius 3 is 2.78 bits per heavy atom. The Kier molecular flexibility index (Phi) is 5.09. The molecule has 0 unspecified atom stereocenters. The van der Waals surface area contributed by atoms with Crippen molar-refractivity contribution in [3.63, 3.8) is 0 Å². The van der Waals surface area contributed by atoms with E-state index in [9.17, 15) is 4.39 Å². The highest BCUT2D eigenvalue weighted by Crippen LogP contribution is 2.34. The number of rotatable bonds is 4. The largest absolute Gasteiger partial charge is 0.368 e. The van der Waals surface area contributed by atoms with Crippen molar-refractivity contribution in [3.8, 4) is 11.1 Å². The van der Waals surface area contributed by atoms with E-state index in [4.69, 9.17) is 5.73 Å². The monoisotopic (exact) mass is 387 g/mol. The molecule has 1 saturated heterocycles. The number of piperidine rings is 1. The van der Waals surface area contributed by atoms with Crippen LogP contribution in [0.15, 0.2) is 36.5 Å². The van der Waals surface area contributed by atoms with Crippen molar-refractivity contribution in [1.29, 1.82) is 0 Å². The normalized spacial score (nSPS) is 15.2. The first-order valence-corrected chi connectivity index (χ1v) is 9.63. The molecule has 0 saturated carbocycles. The summed E-state index contributed by atoms with van der Waals surface area (Å²) in [5.41, 5.74) is 6.85. The Hall–Kier alpha value is -2.45. The number of nitrogens with two attached hydrogens (primary N) is 1. The number of hydrogen-bond acceptors (Lipinski definition) is 6. The number of nitrogens with one attached hydrogen (secondary N) is 2. The van der Waals surface area contributed by atoms with Crippen LogP contribution >= 0.6 is 11.9 Å². The van der Waals surface area contributed by atoms with E-state index < -0.39 is 11.6 Å². The number of nitrogen functional groups attached to an aromatic ring is 1. The van der Waals surface area contributed by atoms with Crippen LogP contribution in [-0.4, -0.2) is 28.3 Å². The molecule has 0 spiro atoms. The third-order valence-electron chi connectivity index (χ3n) is 4.60. The molecule has 1 aromatic heterocycles. The molecule has 0 radical (unpaired) electrons. The van der Waals surface area contributed by atoms with Gasteiger partial charge in [0.15, 0.2) is 5.82 Å². The standard InChI is InChI=1S/C19H19F2N5S/c20-14-2-4-16(26-27-13-5-7-23-8-6-13)18(21)17(14)11-1-3-15-12(9-11)10-24-19(22)25-15/h1-4,9-10,13,23,26H,5-8H2,(H2,22,24,25). The van der Waals surface area contributed by atoms with Crippen LogP contribution < -0.4 is 15.8 Å². The molecule has 140 valence electrons. The van der Waals surface area contributed by atoms with Gasteiger partial charge in [-0.3, -0.25) is 0 Å². The minimum Gasteiger partial charge on any atom is -0.368 e. The third kappa shape index (κ3) is 3.81. The lowest BCUT2D eigenvalue weighted by molar-refractivity contribution is 0.532. The maximum atomic E-state index is 15.1. The molecule has 3 aromatic rings. The minimum absolute atomic E-state index is 0.0652. The quantitative estimate of drug-likeness (QED) is 0.588. The molecule has 0 bridgehead atoms. The van der Waals surface area contributed by atoms with Gasteiger partial charge in [-0.2, -0.15) is 0 Å². The second-order valence-corrected chi connectivity index (χ2v) is 7.56. The molecule has 2 heterocycles. The van der Waals surface area contributed by atoms with E-state index in [2.05, 4.69) is 20.0 Å². The summed E-state index contributed by atoms with van der Waals surface area (Å²) in [6, 6.07) is 7.71. The smallest absolute Gasteiger partial charge is 0.220 e. The highest BCUT2D eigenvalue weighted by molar-refractivity contribution is 8.01. The van der Waals surface area contributed by atoms with Crippen LogP contribution in [0.25, 0.3) is 22.0 Å². The first-order valence-electron chi connectivity index (χ1n) is 8.75. The van der Waals surface area contributed by atoms with E-state index in [0.29, 0.717) is 21.7 Å². The highest BCUT2D eigenvalue weighted by atomic mass is 32.2. The molecule has 27 heavy (non-hydrogen) atoms. The van der Waals surface area contributed by atoms with E-state index >= 15 is 4.39 Å². The summed E-state index contributed by atoms with van der Waals surface area (Å²) in [5, 5.41) is 4.37. The lowest BCUT2D eigenvalue weighted by Crippen LogP contribution is -2.29. The fourth-order valence-corrected chi connectivity index (χ4v) is 4.08. The van der Waals surface area contributed by atoms with Gasteiger partial charge >= 0.3 is 0 Å². The summed E-state index contributed by atoms with van der Waals surface area (Å²) >= 11 is 1.49. The highest BCUT2D eigenvalue weighted by Gasteiger charge is 2.18. The zero-order valence-electron chi connectivity index (χ0n) is 14.5. The Bertz CT molecular complexity index is 976. The first-order chi connectivity index (χ1) is 13.1. The first kappa shape index (κ1) is 17.9. The number of anilines is 2. The Morgan fingerprint density at radius 2 is 1.96 bits per heavy atom. The van der Waals surface area contributed by atoms with Crippen LogP contribution in [-0.2, 0) is 0 Å². The number of nitrogens with zero attached hydrogens (tertiary/aromatic N) is 2. The van der Waals surface area contributed by atoms with Gasteiger partial charge in [0.1, 0.15) is 5.82 Å². The Balaban J connectivity index is 1.64. The summed E-state index contributed by atoms with van der Waals surface area (Å²) in [7, 11) is 0. The van der Waals surface area contributed by atoms with Crippen molar-refractivity contribution in [1.82, 2.24) is 15.3 Å². The zero-order chi connectivity index (χ0) is 18.8. The van der Waals surface area contributed by atoms with Gasteiger partial charge in [-0.15, -0.1) is 0 Å². The van der Waals surface area contributed by atoms with Crippen LogP contribution in [0, 0.1) is 11.6 Å². The van der Waals surface area contributed by atoms with Crippen molar-refractivity contribution < 1.29 is 8.78 Å². The average Bonchev–Trinajstić information content (AvgIpc) is 2.68. The van der Waals surface area contributed by atoms with Crippen LogP contribution in [0.5, 0.6) is 0 Å². The Labute approximate surface area is 159 Å². The van der Waals surface area contributed by atoms with Gasteiger partial charge in [0.25, 0.3) is 0 Å². The maximum Gasteiger partial charge on any atom is 0.220 e. The molecule has 8 heteroatoms. The van der Waals surface area contributed by atoms with Gasteiger partial charge < -0.3 is 15.8 Å². The lowest BCUT2D eigenvalue weighted by Gasteiger charge is -2.22. The second-order valence-electron chi connectivity index (χ2n) is 6.45. The van der Waals surface area contributed by atoms with Gasteiger partial charge in [0, 0.05) is 16.8 Å². The second kappa shape index (κ2) is 7.66. The molecule has 5 nitrogen and oxygen atoms in total. The molecular weight excluding hydrogens is 368 g/mol. The predicted molar refractivity (Wildman–Crippen MR) is 106 cm³/mol. The maximum absolute atomic E-state index is 15.1. The van der Waals surface area contributed by atoms with E-state index in [-0.39, 0.29) is 17.2 Å². The number of hydrogen-bond donors (Lipinski definition) is 3. The molecule has 2 aromatic carbocycles. The van der Waals surface area contributed by atoms with Crippen LogP contribution in [0.4, 0.5) is 20.4 Å². The summed E-state index contributed by atoms with van der Waals surface area (Å²) in [6.07, 6.45) is 3.58. The summed E-state index contributed by atoms with van der Waals surface area (Å²) < 4.78 is 32.6. The zero-order valence-corrected chi connectivity index (χ0v) is 15.3. The van der Waals surface area contributed by atoms with E-state index in [0.717, 1.165) is 25.9 Å². The third-order valence-corrected chi connectivity index (χ3v) is 5.74. The molecule has 0 atom stereocenters. The van der Waals surface area contributed by atoms with Crippen molar-refractivity contribution in [2.45, 2.75) is 18.1 Å². The van der Waals surface area contributed by atoms with Gasteiger partial charge in [0.05, 0.1) is 16.8 Å². The fourth-order valence-electron chi connectivity index (χ4n) is 3.16. The molecular formula is C19H19F2N5S. The lowest BCUT2D eigenvalue weighted by atomic mass is 10.0. The minimum atomic E-state index is -0.611. The summed E-state index contributed by atoms with van der Waals surface area (Å²) in [6.45, 7) is 1.92. The SMILES string of the molecule is Nc1ncc2cc(-c3c(F)ccc(NSC4CCNCC4)c3F)ccc2n1. The van der Waals surface area contributed by atoms with Gasteiger partial charge in [0.2, 0.25) is 5.95 Å². The van der Waals surface area contributed by atoms with Crippen LogP contribution in [0.2, 0.25) is 0 Å². The Morgan fingerprint density at radius 1 is 1.15 bits per heavy atom. The molecule has 1 aliphatic heterocycles. The van der Waals surface area contributed by atoms with E-state index in [1.54, 1.807) is 24.4 Å². The number of aromatic nitrogens is 2. The summed E-state index contributed by atoms with van der Waals surface area (Å²) in [4.78, 5) is 8.06. The topological polar surface area (TPSA) is 75.9 Å². The van der Waals surface area contributed by atoms with Crippen LogP contribution in [0.3, 0.4) is 0 Å². The number of fused-ring (bicyclic) bond motifs is 1. The number of benzene rings is 2. The van der Waals surface area contributed by atoms with Crippen molar-refractivity contribution in [2.24, 2.45) is 0 Å². The van der Waals surface area contributed by atoms with Gasteiger partial charge in [-0.1, -0.05) is 6.07 Å². The van der Waals surface area contributed by atoms with E-state index in [1.165, 1.54) is 24.1 Å². The van der Waals surface area contributed by atoms with E-state index in [1.807, 2.05) is 0 Å². The average molecular weight is 387 g/mol. The molecule has 4 rings (SSSR count). The van der Waals surface area contributed by atoms with Gasteiger partial charge in [-0.05, 0) is 67.7 Å². The summed E-state index contributed by atoms with van der Waals surface area (Å²) in [5.74, 6) is -1.05. The molecule has 1 fully saturated rings. The molecule has 0 aliphatic carbocycles. The van der Waals surface area contributed by atoms with Gasteiger partial charge in [-0.25, -0.2) is 18.7 Å². The van der Waals surface area contributed by atoms with Crippen molar-refractivity contribution in [3.05, 3.63) is 48.2 Å².